The van der Waals surface area contributed by atoms with Crippen LogP contribution in [0, 0.1) is 0 Å². The lowest BCUT2D eigenvalue weighted by molar-refractivity contribution is 0.451. The molecule has 1 rings (SSSR count). The Hall–Kier alpha value is -0.870. The van der Waals surface area contributed by atoms with Crippen molar-refractivity contribution in [2.75, 3.05) is 19.1 Å². The van der Waals surface area contributed by atoms with Crippen LogP contribution in [0.3, 0.4) is 0 Å². The van der Waals surface area contributed by atoms with Crippen LogP contribution in [0.1, 0.15) is 31.2 Å². The Labute approximate surface area is 111 Å². The van der Waals surface area contributed by atoms with Crippen molar-refractivity contribution in [3.8, 4) is 0 Å². The van der Waals surface area contributed by atoms with E-state index in [1.54, 1.807) is 0 Å². The number of sulfone groups is 1. The van der Waals surface area contributed by atoms with Gasteiger partial charge in [0.05, 0.1) is 0 Å². The van der Waals surface area contributed by atoms with Crippen LogP contribution in [-0.4, -0.2) is 33.5 Å². The molecule has 0 aliphatic carbocycles. The van der Waals surface area contributed by atoms with Gasteiger partial charge in [0, 0.05) is 18.1 Å². The van der Waals surface area contributed by atoms with E-state index in [-0.39, 0.29) is 5.75 Å². The third kappa shape index (κ3) is 5.19. The van der Waals surface area contributed by atoms with Crippen LogP contribution >= 0.6 is 0 Å². The first kappa shape index (κ1) is 15.2. The molecular formula is C14H23NO2S. The van der Waals surface area contributed by atoms with Crippen LogP contribution in [0.2, 0.25) is 0 Å². The monoisotopic (exact) mass is 269 g/mol. The zero-order valence-electron chi connectivity index (χ0n) is 11.4. The third-order valence-corrected chi connectivity index (χ3v) is 4.36. The lowest BCUT2D eigenvalue weighted by Crippen LogP contribution is -2.31. The van der Waals surface area contributed by atoms with Gasteiger partial charge < -0.3 is 5.32 Å². The van der Waals surface area contributed by atoms with Gasteiger partial charge in [-0.2, -0.15) is 0 Å². The summed E-state index contributed by atoms with van der Waals surface area (Å²) in [5.74, 6) is 0.655. The predicted molar refractivity (Wildman–Crippen MR) is 76.6 cm³/mol. The summed E-state index contributed by atoms with van der Waals surface area (Å²) in [6.45, 7) is 2.18. The summed E-state index contributed by atoms with van der Waals surface area (Å²) in [5, 5.41) is 3.29. The van der Waals surface area contributed by atoms with Crippen LogP contribution in [-0.2, 0) is 9.84 Å². The molecule has 1 N–H and O–H groups in total. The van der Waals surface area contributed by atoms with Crippen LogP contribution in [0.25, 0.3) is 0 Å². The molecule has 4 heteroatoms. The Morgan fingerprint density at radius 1 is 1.22 bits per heavy atom. The summed E-state index contributed by atoms with van der Waals surface area (Å²) in [6, 6.07) is 10.6. The molecule has 0 bridgehead atoms. The Bertz CT molecular complexity index is 442. The van der Waals surface area contributed by atoms with Crippen LogP contribution < -0.4 is 5.32 Å². The van der Waals surface area contributed by atoms with E-state index in [9.17, 15) is 8.42 Å². The molecule has 0 aliphatic heterocycles. The molecule has 102 valence electrons. The molecule has 0 saturated heterocycles. The normalized spacial score (nSPS) is 15.3. The second-order valence-electron chi connectivity index (χ2n) is 4.87. The van der Waals surface area contributed by atoms with E-state index in [0.29, 0.717) is 18.4 Å². The average molecular weight is 269 g/mol. The lowest BCUT2D eigenvalue weighted by atomic mass is 9.91. The van der Waals surface area contributed by atoms with E-state index >= 15 is 0 Å². The molecule has 0 aliphatic rings. The van der Waals surface area contributed by atoms with Gasteiger partial charge >= 0.3 is 0 Å². The summed E-state index contributed by atoms with van der Waals surface area (Å²) < 4.78 is 22.2. The second kappa shape index (κ2) is 6.90. The fourth-order valence-electron chi connectivity index (χ4n) is 2.20. The number of nitrogens with one attached hydrogen (secondary N) is 1. The van der Waals surface area contributed by atoms with Crippen LogP contribution in [0.15, 0.2) is 30.3 Å². The maximum absolute atomic E-state index is 11.1. The van der Waals surface area contributed by atoms with Gasteiger partial charge in [-0.3, -0.25) is 0 Å². The van der Waals surface area contributed by atoms with Crippen molar-refractivity contribution < 1.29 is 8.42 Å². The lowest BCUT2D eigenvalue weighted by Gasteiger charge is -2.24. The fraction of sp³-hybridized carbons (Fsp3) is 0.571. The summed E-state index contributed by atoms with van der Waals surface area (Å²) in [5.41, 5.74) is 1.29. The highest BCUT2D eigenvalue weighted by atomic mass is 32.2. The molecule has 1 aromatic carbocycles. The van der Waals surface area contributed by atoms with Crippen LogP contribution in [0.4, 0.5) is 0 Å². The highest BCUT2D eigenvalue weighted by molar-refractivity contribution is 7.90. The van der Waals surface area contributed by atoms with E-state index in [4.69, 9.17) is 0 Å². The molecule has 0 spiro atoms. The van der Waals surface area contributed by atoms with Gasteiger partial charge in [-0.05, 0) is 31.4 Å². The van der Waals surface area contributed by atoms with E-state index < -0.39 is 9.84 Å². The van der Waals surface area contributed by atoms with Crippen molar-refractivity contribution in [2.45, 2.75) is 31.7 Å². The van der Waals surface area contributed by atoms with Gasteiger partial charge in [0.2, 0.25) is 0 Å². The fourth-order valence-corrected chi connectivity index (χ4v) is 2.89. The molecular weight excluding hydrogens is 246 g/mol. The summed E-state index contributed by atoms with van der Waals surface area (Å²) in [4.78, 5) is 0. The molecule has 0 fully saturated rings. The summed E-state index contributed by atoms with van der Waals surface area (Å²) in [6.07, 6.45) is 2.88. The minimum atomic E-state index is -2.85. The standard InChI is InChI=1S/C14H23NO2S/c1-12(13-8-5-4-6-9-13)14(15-2)10-7-11-18(3,16)17/h4-6,8-9,12,14-15H,7,10-11H2,1-3H3. The van der Waals surface area contributed by atoms with Gasteiger partial charge in [0.15, 0.2) is 0 Å². The van der Waals surface area contributed by atoms with Gasteiger partial charge in [0.25, 0.3) is 0 Å². The first-order valence-corrected chi connectivity index (χ1v) is 8.40. The number of rotatable bonds is 7. The first-order valence-electron chi connectivity index (χ1n) is 6.34. The number of hydrogen-bond donors (Lipinski definition) is 1. The number of hydrogen-bond acceptors (Lipinski definition) is 3. The molecule has 0 heterocycles. The molecule has 1 aromatic rings. The topological polar surface area (TPSA) is 46.2 Å². The Morgan fingerprint density at radius 2 is 1.83 bits per heavy atom. The zero-order valence-corrected chi connectivity index (χ0v) is 12.2. The SMILES string of the molecule is CNC(CCCS(C)(=O)=O)C(C)c1ccccc1. The molecule has 2 atom stereocenters. The molecule has 0 aromatic heterocycles. The maximum Gasteiger partial charge on any atom is 0.147 e. The molecule has 2 unspecified atom stereocenters. The van der Waals surface area contributed by atoms with E-state index in [2.05, 4.69) is 24.4 Å². The maximum atomic E-state index is 11.1. The van der Waals surface area contributed by atoms with Crippen molar-refractivity contribution in [3.63, 3.8) is 0 Å². The van der Waals surface area contributed by atoms with Crippen molar-refractivity contribution in [1.29, 1.82) is 0 Å². The summed E-state index contributed by atoms with van der Waals surface area (Å²) in [7, 11) is -0.911. The van der Waals surface area contributed by atoms with Gasteiger partial charge in [-0.1, -0.05) is 37.3 Å². The van der Waals surface area contributed by atoms with Crippen LogP contribution in [0.5, 0.6) is 0 Å². The van der Waals surface area contributed by atoms with Gasteiger partial charge in [0.1, 0.15) is 9.84 Å². The quantitative estimate of drug-likeness (QED) is 0.825. The van der Waals surface area contributed by atoms with Gasteiger partial charge in [-0.15, -0.1) is 0 Å². The van der Waals surface area contributed by atoms with Crippen molar-refractivity contribution >= 4 is 9.84 Å². The minimum Gasteiger partial charge on any atom is -0.316 e. The highest BCUT2D eigenvalue weighted by Crippen LogP contribution is 2.21. The van der Waals surface area contributed by atoms with Crippen molar-refractivity contribution in [3.05, 3.63) is 35.9 Å². The van der Waals surface area contributed by atoms with E-state index in [0.717, 1.165) is 6.42 Å². The Kier molecular flexibility index (Phi) is 5.82. The summed E-state index contributed by atoms with van der Waals surface area (Å²) >= 11 is 0. The minimum absolute atomic E-state index is 0.271. The molecule has 18 heavy (non-hydrogen) atoms. The third-order valence-electron chi connectivity index (χ3n) is 3.33. The highest BCUT2D eigenvalue weighted by Gasteiger charge is 2.17. The van der Waals surface area contributed by atoms with E-state index in [1.165, 1.54) is 11.8 Å². The largest absolute Gasteiger partial charge is 0.316 e. The van der Waals surface area contributed by atoms with Crippen molar-refractivity contribution in [1.82, 2.24) is 5.32 Å². The first-order chi connectivity index (χ1) is 8.44. The zero-order chi connectivity index (χ0) is 13.6. The predicted octanol–water partition coefficient (Wildman–Crippen LogP) is 2.20. The van der Waals surface area contributed by atoms with Gasteiger partial charge in [-0.25, -0.2) is 8.42 Å². The van der Waals surface area contributed by atoms with Crippen molar-refractivity contribution in [2.24, 2.45) is 0 Å². The molecule has 0 saturated carbocycles. The molecule has 0 amide bonds. The number of likely N-dealkylation sites (N-methyl/N-ethyl adjacent to an activating group) is 1. The molecule has 3 nitrogen and oxygen atoms in total. The smallest absolute Gasteiger partial charge is 0.147 e. The number of benzene rings is 1. The second-order valence-corrected chi connectivity index (χ2v) is 7.13. The average Bonchev–Trinajstić information content (AvgIpc) is 2.34. The Balaban J connectivity index is 2.56. The Morgan fingerprint density at radius 3 is 2.33 bits per heavy atom. The molecule has 0 radical (unpaired) electrons. The van der Waals surface area contributed by atoms with E-state index in [1.807, 2.05) is 25.2 Å².